The molecular formula is C7H13ClN2O4S. The molecule has 0 aromatic carbocycles. The van der Waals surface area contributed by atoms with E-state index in [2.05, 4.69) is 9.46 Å². The Labute approximate surface area is 93.5 Å². The Balaban J connectivity index is 2.40. The minimum Gasteiger partial charge on any atom is -0.452 e. The van der Waals surface area contributed by atoms with Crippen molar-refractivity contribution in [1.29, 1.82) is 0 Å². The minimum atomic E-state index is -3.83. The highest BCUT2D eigenvalue weighted by atomic mass is 35.5. The topological polar surface area (TPSA) is 84.5 Å². The van der Waals surface area contributed by atoms with Crippen molar-refractivity contribution in [1.82, 2.24) is 9.44 Å². The molecule has 0 aromatic rings. The van der Waals surface area contributed by atoms with Crippen LogP contribution in [0.3, 0.4) is 0 Å². The standard InChI is InChI=1S/C7H13ClN2O4S/c1-14-6(11)10-15(12,13)9-5-7(4-8)2-3-7/h9H,2-5H2,1H3,(H,10,11). The second-order valence-electron chi connectivity index (χ2n) is 3.55. The Bertz CT molecular complexity index is 339. The normalized spacial score (nSPS) is 18.3. The van der Waals surface area contributed by atoms with Gasteiger partial charge in [0.15, 0.2) is 0 Å². The SMILES string of the molecule is COC(=O)NS(=O)(=O)NCC1(CCl)CC1. The second-order valence-corrected chi connectivity index (χ2v) is 5.32. The highest BCUT2D eigenvalue weighted by Gasteiger charge is 2.42. The molecule has 0 bridgehead atoms. The lowest BCUT2D eigenvalue weighted by molar-refractivity contribution is 0.177. The van der Waals surface area contributed by atoms with Gasteiger partial charge in [0.25, 0.3) is 0 Å². The quantitative estimate of drug-likeness (QED) is 0.688. The van der Waals surface area contributed by atoms with E-state index in [4.69, 9.17) is 11.6 Å². The fourth-order valence-electron chi connectivity index (χ4n) is 0.970. The molecule has 2 N–H and O–H groups in total. The number of rotatable bonds is 5. The van der Waals surface area contributed by atoms with Crippen LogP contribution in [0, 0.1) is 5.41 Å². The van der Waals surface area contributed by atoms with Crippen molar-refractivity contribution in [3.05, 3.63) is 0 Å². The first kappa shape index (κ1) is 12.5. The van der Waals surface area contributed by atoms with Crippen LogP contribution in [0.2, 0.25) is 0 Å². The average Bonchev–Trinajstić information content (AvgIpc) is 2.95. The monoisotopic (exact) mass is 256 g/mol. The first-order valence-electron chi connectivity index (χ1n) is 4.34. The number of halogens is 1. The Kier molecular flexibility index (Phi) is 3.80. The molecule has 1 amide bonds. The third-order valence-electron chi connectivity index (χ3n) is 2.28. The van der Waals surface area contributed by atoms with Gasteiger partial charge in [0.05, 0.1) is 7.11 Å². The van der Waals surface area contributed by atoms with E-state index < -0.39 is 16.3 Å². The molecule has 0 unspecified atom stereocenters. The van der Waals surface area contributed by atoms with E-state index in [9.17, 15) is 13.2 Å². The Morgan fingerprint density at radius 2 is 2.13 bits per heavy atom. The van der Waals surface area contributed by atoms with Crippen molar-refractivity contribution in [2.45, 2.75) is 12.8 Å². The van der Waals surface area contributed by atoms with Crippen LogP contribution in [0.4, 0.5) is 4.79 Å². The van der Waals surface area contributed by atoms with Gasteiger partial charge in [-0.25, -0.2) is 9.52 Å². The molecular weight excluding hydrogens is 244 g/mol. The van der Waals surface area contributed by atoms with Gasteiger partial charge in [-0.15, -0.1) is 11.6 Å². The van der Waals surface area contributed by atoms with Crippen LogP contribution >= 0.6 is 11.6 Å². The van der Waals surface area contributed by atoms with Crippen LogP contribution in [-0.2, 0) is 14.9 Å². The zero-order chi connectivity index (χ0) is 11.5. The van der Waals surface area contributed by atoms with E-state index in [-0.39, 0.29) is 12.0 Å². The summed E-state index contributed by atoms with van der Waals surface area (Å²) in [5, 5.41) is 0. The fraction of sp³-hybridized carbons (Fsp3) is 0.857. The summed E-state index contributed by atoms with van der Waals surface area (Å²) < 4.78 is 30.6. The molecule has 1 rings (SSSR count). The summed E-state index contributed by atoms with van der Waals surface area (Å²) >= 11 is 5.67. The van der Waals surface area contributed by atoms with Gasteiger partial charge in [0, 0.05) is 12.4 Å². The molecule has 1 fully saturated rings. The molecule has 0 aliphatic heterocycles. The Morgan fingerprint density at radius 3 is 2.53 bits per heavy atom. The number of ether oxygens (including phenoxy) is 1. The number of nitrogens with one attached hydrogen (secondary N) is 2. The summed E-state index contributed by atoms with van der Waals surface area (Å²) in [6.07, 6.45) is 0.785. The van der Waals surface area contributed by atoms with Gasteiger partial charge >= 0.3 is 16.3 Å². The van der Waals surface area contributed by atoms with Crippen LogP contribution in [0.25, 0.3) is 0 Å². The van der Waals surface area contributed by atoms with Gasteiger partial charge in [0.1, 0.15) is 0 Å². The summed E-state index contributed by atoms with van der Waals surface area (Å²) in [6, 6.07) is 0. The minimum absolute atomic E-state index is 0.133. The molecule has 88 valence electrons. The molecule has 0 aromatic heterocycles. The van der Waals surface area contributed by atoms with Crippen LogP contribution in [-0.4, -0.2) is 34.0 Å². The highest BCUT2D eigenvalue weighted by molar-refractivity contribution is 7.88. The summed E-state index contributed by atoms with van der Waals surface area (Å²) in [7, 11) is -2.74. The molecule has 8 heteroatoms. The maximum Gasteiger partial charge on any atom is 0.421 e. The van der Waals surface area contributed by atoms with Gasteiger partial charge in [0.2, 0.25) is 0 Å². The van der Waals surface area contributed by atoms with Crippen LogP contribution in [0.1, 0.15) is 12.8 Å². The third kappa shape index (κ3) is 3.84. The van der Waals surface area contributed by atoms with Gasteiger partial charge in [-0.2, -0.15) is 13.1 Å². The third-order valence-corrected chi connectivity index (χ3v) is 3.81. The lowest BCUT2D eigenvalue weighted by Crippen LogP contribution is -2.42. The average molecular weight is 257 g/mol. The summed E-state index contributed by atoms with van der Waals surface area (Å²) in [6.45, 7) is 0.239. The smallest absolute Gasteiger partial charge is 0.421 e. The molecule has 15 heavy (non-hydrogen) atoms. The molecule has 0 heterocycles. The lowest BCUT2D eigenvalue weighted by atomic mass is 10.1. The van der Waals surface area contributed by atoms with Gasteiger partial charge in [-0.05, 0) is 18.3 Å². The zero-order valence-corrected chi connectivity index (χ0v) is 9.82. The largest absolute Gasteiger partial charge is 0.452 e. The number of carbonyl (C=O) groups excluding carboxylic acids is 1. The van der Waals surface area contributed by atoms with Gasteiger partial charge < -0.3 is 4.74 Å². The van der Waals surface area contributed by atoms with E-state index in [1.807, 2.05) is 0 Å². The molecule has 0 spiro atoms. The predicted molar refractivity (Wildman–Crippen MR) is 54.9 cm³/mol. The molecule has 0 atom stereocenters. The molecule has 1 saturated carbocycles. The van der Waals surface area contributed by atoms with Crippen molar-refractivity contribution in [3.63, 3.8) is 0 Å². The van der Waals surface area contributed by atoms with Gasteiger partial charge in [-0.1, -0.05) is 0 Å². The van der Waals surface area contributed by atoms with Crippen LogP contribution in [0.5, 0.6) is 0 Å². The number of carbonyl (C=O) groups is 1. The fourth-order valence-corrected chi connectivity index (χ4v) is 2.20. The number of amides is 1. The Hall–Kier alpha value is -0.530. The van der Waals surface area contributed by atoms with E-state index in [1.54, 1.807) is 4.72 Å². The molecule has 0 radical (unpaired) electrons. The Morgan fingerprint density at radius 1 is 1.53 bits per heavy atom. The van der Waals surface area contributed by atoms with Crippen LogP contribution in [0.15, 0.2) is 0 Å². The van der Waals surface area contributed by atoms with Crippen molar-refractivity contribution in [2.75, 3.05) is 19.5 Å². The lowest BCUT2D eigenvalue weighted by Gasteiger charge is -2.12. The first-order valence-corrected chi connectivity index (χ1v) is 6.36. The molecule has 1 aliphatic carbocycles. The van der Waals surface area contributed by atoms with Gasteiger partial charge in [-0.3, -0.25) is 0 Å². The van der Waals surface area contributed by atoms with Crippen molar-refractivity contribution in [3.8, 4) is 0 Å². The summed E-state index contributed by atoms with van der Waals surface area (Å²) in [5.74, 6) is 0.410. The predicted octanol–water partition coefficient (Wildman–Crippen LogP) is 0.196. The number of methoxy groups -OCH3 is 1. The first-order chi connectivity index (χ1) is 6.93. The maximum absolute atomic E-state index is 11.2. The van der Waals surface area contributed by atoms with Crippen molar-refractivity contribution in [2.24, 2.45) is 5.41 Å². The number of hydrogen-bond acceptors (Lipinski definition) is 4. The highest BCUT2D eigenvalue weighted by Crippen LogP contribution is 2.45. The second kappa shape index (κ2) is 4.54. The maximum atomic E-state index is 11.2. The molecule has 0 saturated heterocycles. The van der Waals surface area contributed by atoms with E-state index in [0.717, 1.165) is 20.0 Å². The van der Waals surface area contributed by atoms with E-state index in [1.165, 1.54) is 0 Å². The summed E-state index contributed by atoms with van der Waals surface area (Å²) in [5.41, 5.74) is -0.133. The van der Waals surface area contributed by atoms with Crippen molar-refractivity contribution < 1.29 is 17.9 Å². The van der Waals surface area contributed by atoms with Crippen molar-refractivity contribution >= 4 is 27.9 Å². The van der Waals surface area contributed by atoms with E-state index >= 15 is 0 Å². The molecule has 6 nitrogen and oxygen atoms in total. The molecule has 1 aliphatic rings. The number of hydrogen-bond donors (Lipinski definition) is 2. The zero-order valence-electron chi connectivity index (χ0n) is 8.25. The van der Waals surface area contributed by atoms with E-state index in [0.29, 0.717) is 5.88 Å². The number of alkyl halides is 1. The van der Waals surface area contributed by atoms with Crippen LogP contribution < -0.4 is 9.44 Å². The summed E-state index contributed by atoms with van der Waals surface area (Å²) in [4.78, 5) is 10.7.